The number of hydrogen-bond acceptors (Lipinski definition) is 4. The summed E-state index contributed by atoms with van der Waals surface area (Å²) in [4.78, 5) is 15.4. The van der Waals surface area contributed by atoms with Crippen LogP contribution < -0.4 is 5.32 Å². The lowest BCUT2D eigenvalue weighted by Crippen LogP contribution is -2.45. The SMILES string of the molecule is Cc1ccc(S(=O)(=O)N2CCC[C@H](C(=O)NCCCN3CCCCCC3)C2)cc1. The molecule has 2 heterocycles. The van der Waals surface area contributed by atoms with E-state index in [0.717, 1.165) is 31.4 Å². The highest BCUT2D eigenvalue weighted by molar-refractivity contribution is 7.89. The maximum Gasteiger partial charge on any atom is 0.243 e. The minimum Gasteiger partial charge on any atom is -0.356 e. The summed E-state index contributed by atoms with van der Waals surface area (Å²) in [6.45, 7) is 6.72. The van der Waals surface area contributed by atoms with Gasteiger partial charge in [0.05, 0.1) is 10.8 Å². The number of nitrogens with zero attached hydrogens (tertiary/aromatic N) is 2. The summed E-state index contributed by atoms with van der Waals surface area (Å²) in [5.74, 6) is -0.271. The van der Waals surface area contributed by atoms with Gasteiger partial charge in [-0.05, 0) is 70.8 Å². The zero-order chi connectivity index (χ0) is 20.7. The van der Waals surface area contributed by atoms with Crippen LogP contribution in [0.25, 0.3) is 0 Å². The molecule has 1 amide bonds. The van der Waals surface area contributed by atoms with Gasteiger partial charge in [-0.2, -0.15) is 4.31 Å². The molecule has 2 saturated heterocycles. The minimum atomic E-state index is -3.54. The predicted molar refractivity (Wildman–Crippen MR) is 115 cm³/mol. The van der Waals surface area contributed by atoms with Crippen molar-refractivity contribution in [2.24, 2.45) is 5.92 Å². The Kier molecular flexibility index (Phi) is 8.09. The van der Waals surface area contributed by atoms with E-state index in [1.54, 1.807) is 12.1 Å². The fourth-order valence-corrected chi connectivity index (χ4v) is 5.78. The normalized spacial score (nSPS) is 22.2. The van der Waals surface area contributed by atoms with Gasteiger partial charge in [-0.1, -0.05) is 30.5 Å². The first-order valence-electron chi connectivity index (χ1n) is 11.0. The van der Waals surface area contributed by atoms with Gasteiger partial charge in [-0.15, -0.1) is 0 Å². The highest BCUT2D eigenvalue weighted by atomic mass is 32.2. The van der Waals surface area contributed by atoms with Crippen LogP contribution in [0.2, 0.25) is 0 Å². The summed E-state index contributed by atoms with van der Waals surface area (Å²) in [5.41, 5.74) is 1.03. The molecule has 1 aromatic carbocycles. The molecule has 3 rings (SSSR count). The lowest BCUT2D eigenvalue weighted by molar-refractivity contribution is -0.126. The van der Waals surface area contributed by atoms with Crippen LogP contribution in [0.3, 0.4) is 0 Å². The van der Waals surface area contributed by atoms with Crippen LogP contribution in [0.5, 0.6) is 0 Å². The molecule has 6 nitrogen and oxygen atoms in total. The molecular weight excluding hydrogens is 386 g/mol. The van der Waals surface area contributed by atoms with E-state index in [1.165, 1.54) is 43.1 Å². The van der Waals surface area contributed by atoms with Crippen LogP contribution in [0.15, 0.2) is 29.2 Å². The first-order valence-corrected chi connectivity index (χ1v) is 12.5. The van der Waals surface area contributed by atoms with Gasteiger partial charge in [0.2, 0.25) is 15.9 Å². The molecule has 2 aliphatic rings. The van der Waals surface area contributed by atoms with Gasteiger partial charge in [0.25, 0.3) is 0 Å². The average Bonchev–Trinajstić information content (AvgIpc) is 3.00. The van der Waals surface area contributed by atoms with E-state index in [0.29, 0.717) is 18.0 Å². The monoisotopic (exact) mass is 421 g/mol. The van der Waals surface area contributed by atoms with Crippen LogP contribution in [0.1, 0.15) is 50.5 Å². The number of likely N-dealkylation sites (tertiary alicyclic amines) is 1. The summed E-state index contributed by atoms with van der Waals surface area (Å²) in [6, 6.07) is 6.92. The van der Waals surface area contributed by atoms with E-state index in [-0.39, 0.29) is 18.4 Å². The second-order valence-electron chi connectivity index (χ2n) is 8.42. The maximum absolute atomic E-state index is 12.9. The molecule has 0 saturated carbocycles. The number of piperidine rings is 1. The second-order valence-corrected chi connectivity index (χ2v) is 10.4. The maximum atomic E-state index is 12.9. The molecule has 162 valence electrons. The van der Waals surface area contributed by atoms with Gasteiger partial charge in [-0.3, -0.25) is 4.79 Å². The Bertz CT molecular complexity index is 756. The summed E-state index contributed by atoms with van der Waals surface area (Å²) in [7, 11) is -3.54. The van der Waals surface area contributed by atoms with Crippen molar-refractivity contribution < 1.29 is 13.2 Å². The standard InChI is InChI=1S/C22H35N3O3S/c1-19-9-11-21(12-10-19)29(27,28)25-17-6-8-20(18-25)22(26)23-13-7-16-24-14-4-2-3-5-15-24/h9-12,20H,2-8,13-18H2,1H3,(H,23,26)/t20-/m0/s1. The fraction of sp³-hybridized carbons (Fsp3) is 0.682. The van der Waals surface area contributed by atoms with E-state index in [2.05, 4.69) is 10.2 Å². The summed E-state index contributed by atoms with van der Waals surface area (Å²) < 4.78 is 27.3. The largest absolute Gasteiger partial charge is 0.356 e. The van der Waals surface area contributed by atoms with Crippen molar-refractivity contribution in [1.29, 1.82) is 0 Å². The van der Waals surface area contributed by atoms with Crippen molar-refractivity contribution >= 4 is 15.9 Å². The number of rotatable bonds is 7. The van der Waals surface area contributed by atoms with E-state index >= 15 is 0 Å². The number of benzene rings is 1. The zero-order valence-corrected chi connectivity index (χ0v) is 18.4. The third-order valence-corrected chi connectivity index (χ3v) is 7.94. The van der Waals surface area contributed by atoms with Gasteiger partial charge < -0.3 is 10.2 Å². The topological polar surface area (TPSA) is 69.7 Å². The van der Waals surface area contributed by atoms with Crippen LogP contribution in [-0.4, -0.2) is 62.8 Å². The molecule has 0 radical (unpaired) electrons. The molecule has 0 bridgehead atoms. The molecule has 0 aliphatic carbocycles. The zero-order valence-electron chi connectivity index (χ0n) is 17.6. The Hall–Kier alpha value is -1.44. The summed E-state index contributed by atoms with van der Waals surface area (Å²) in [6.07, 6.45) is 7.63. The Morgan fingerprint density at radius 3 is 2.41 bits per heavy atom. The summed E-state index contributed by atoms with van der Waals surface area (Å²) in [5, 5.41) is 3.04. The number of carbonyl (C=O) groups is 1. The Balaban J connectivity index is 1.47. The molecule has 7 heteroatoms. The third kappa shape index (κ3) is 6.27. The van der Waals surface area contributed by atoms with Crippen molar-refractivity contribution in [3.8, 4) is 0 Å². The second kappa shape index (κ2) is 10.5. The number of sulfonamides is 1. The van der Waals surface area contributed by atoms with E-state index < -0.39 is 10.0 Å². The van der Waals surface area contributed by atoms with Crippen LogP contribution in [0, 0.1) is 12.8 Å². The van der Waals surface area contributed by atoms with Gasteiger partial charge >= 0.3 is 0 Å². The third-order valence-electron chi connectivity index (χ3n) is 6.06. The molecule has 0 aromatic heterocycles. The molecule has 0 unspecified atom stereocenters. The first-order chi connectivity index (χ1) is 14.0. The van der Waals surface area contributed by atoms with Crippen molar-refractivity contribution in [2.75, 3.05) is 39.3 Å². The fourth-order valence-electron chi connectivity index (χ4n) is 4.25. The Morgan fingerprint density at radius 2 is 1.72 bits per heavy atom. The highest BCUT2D eigenvalue weighted by Crippen LogP contribution is 2.24. The number of nitrogens with one attached hydrogen (secondary N) is 1. The van der Waals surface area contributed by atoms with Crippen molar-refractivity contribution in [2.45, 2.75) is 56.8 Å². The quantitative estimate of drug-likeness (QED) is 0.688. The number of hydrogen-bond donors (Lipinski definition) is 1. The molecule has 2 fully saturated rings. The molecule has 1 atom stereocenters. The Morgan fingerprint density at radius 1 is 1.03 bits per heavy atom. The summed E-state index contributed by atoms with van der Waals surface area (Å²) >= 11 is 0. The molecular formula is C22H35N3O3S. The molecule has 2 aliphatic heterocycles. The lowest BCUT2D eigenvalue weighted by Gasteiger charge is -2.31. The minimum absolute atomic E-state index is 0.00956. The first kappa shape index (κ1) is 22.2. The number of carbonyl (C=O) groups excluding carboxylic acids is 1. The smallest absolute Gasteiger partial charge is 0.243 e. The van der Waals surface area contributed by atoms with Gasteiger partial charge in [0, 0.05) is 19.6 Å². The van der Waals surface area contributed by atoms with Gasteiger partial charge in [0.15, 0.2) is 0 Å². The Labute approximate surface area is 175 Å². The van der Waals surface area contributed by atoms with E-state index in [4.69, 9.17) is 0 Å². The number of aryl methyl sites for hydroxylation is 1. The van der Waals surface area contributed by atoms with Gasteiger partial charge in [0.1, 0.15) is 0 Å². The highest BCUT2D eigenvalue weighted by Gasteiger charge is 2.33. The van der Waals surface area contributed by atoms with E-state index in [1.807, 2.05) is 19.1 Å². The van der Waals surface area contributed by atoms with Crippen molar-refractivity contribution in [3.63, 3.8) is 0 Å². The lowest BCUT2D eigenvalue weighted by atomic mass is 9.99. The van der Waals surface area contributed by atoms with Crippen LogP contribution >= 0.6 is 0 Å². The number of amides is 1. The van der Waals surface area contributed by atoms with Crippen LogP contribution in [-0.2, 0) is 14.8 Å². The van der Waals surface area contributed by atoms with Gasteiger partial charge in [-0.25, -0.2) is 8.42 Å². The predicted octanol–water partition coefficient (Wildman–Crippen LogP) is 2.78. The van der Waals surface area contributed by atoms with E-state index in [9.17, 15) is 13.2 Å². The van der Waals surface area contributed by atoms with Crippen molar-refractivity contribution in [1.82, 2.24) is 14.5 Å². The molecule has 29 heavy (non-hydrogen) atoms. The van der Waals surface area contributed by atoms with Crippen LogP contribution in [0.4, 0.5) is 0 Å². The average molecular weight is 422 g/mol. The molecule has 0 spiro atoms. The molecule has 1 N–H and O–H groups in total. The van der Waals surface area contributed by atoms with Crippen molar-refractivity contribution in [3.05, 3.63) is 29.8 Å². The molecule has 1 aromatic rings.